The van der Waals surface area contributed by atoms with Crippen LogP contribution in [-0.2, 0) is 12.7 Å². The summed E-state index contributed by atoms with van der Waals surface area (Å²) < 4.78 is 40.5. The summed E-state index contributed by atoms with van der Waals surface area (Å²) in [7, 11) is 0. The zero-order valence-electron chi connectivity index (χ0n) is 13.9. The summed E-state index contributed by atoms with van der Waals surface area (Å²) >= 11 is 7.01. The number of rotatable bonds is 4. The molecule has 3 aromatic rings. The topological polar surface area (TPSA) is 69.3 Å². The van der Waals surface area contributed by atoms with E-state index in [9.17, 15) is 22.8 Å². The van der Waals surface area contributed by atoms with E-state index in [0.29, 0.717) is 21.6 Å². The van der Waals surface area contributed by atoms with Gasteiger partial charge in [0.15, 0.2) is 16.4 Å². The van der Waals surface area contributed by atoms with Crippen molar-refractivity contribution < 1.29 is 18.0 Å². The molecular weight excluding hydrogens is 405 g/mol. The number of fused-ring (bicyclic) bond motifs is 1. The number of Topliss-reactive ketones (excluding diaryl/α,β-unsaturated/α-hetero) is 1. The minimum absolute atomic E-state index is 0.0447. The lowest BCUT2D eigenvalue weighted by Crippen LogP contribution is -2.21. The van der Waals surface area contributed by atoms with Crippen LogP contribution in [0.2, 0.25) is 5.15 Å². The van der Waals surface area contributed by atoms with Crippen LogP contribution in [0.25, 0.3) is 4.96 Å². The highest BCUT2D eigenvalue weighted by atomic mass is 35.5. The second-order valence-electron chi connectivity index (χ2n) is 6.36. The van der Waals surface area contributed by atoms with Gasteiger partial charge in [-0.25, -0.2) is 14.1 Å². The lowest BCUT2D eigenvalue weighted by Gasteiger charge is -2.05. The Labute approximate surface area is 159 Å². The second kappa shape index (κ2) is 6.16. The molecule has 3 aromatic heterocycles. The summed E-state index contributed by atoms with van der Waals surface area (Å²) in [6.45, 7) is 1.55. The Kier molecular flexibility index (Phi) is 4.15. The number of hydrogen-bond donors (Lipinski definition) is 0. The molecule has 1 saturated carbocycles. The highest BCUT2D eigenvalue weighted by Crippen LogP contribution is 2.35. The number of aryl methyl sites for hydroxylation is 1. The van der Waals surface area contributed by atoms with Gasteiger partial charge in [-0.1, -0.05) is 11.6 Å². The Morgan fingerprint density at radius 2 is 2.07 bits per heavy atom. The number of carbonyl (C=O) groups is 1. The molecule has 3 heterocycles. The summed E-state index contributed by atoms with van der Waals surface area (Å²) in [6, 6.07) is 1.91. The Morgan fingerprint density at radius 3 is 2.67 bits per heavy atom. The summed E-state index contributed by atoms with van der Waals surface area (Å²) in [5.41, 5.74) is -1.01. The molecular formula is C16H12ClF3N4O2S. The van der Waals surface area contributed by atoms with E-state index < -0.39 is 17.4 Å². The third kappa shape index (κ3) is 3.27. The van der Waals surface area contributed by atoms with Crippen LogP contribution in [0.4, 0.5) is 13.2 Å². The number of carbonyl (C=O) groups excluding carboxylic acids is 1. The van der Waals surface area contributed by atoms with E-state index in [1.54, 1.807) is 6.92 Å². The normalized spacial score (nSPS) is 14.9. The van der Waals surface area contributed by atoms with Gasteiger partial charge in [-0.15, -0.1) is 11.3 Å². The minimum atomic E-state index is -4.62. The molecule has 0 unspecified atom stereocenters. The lowest BCUT2D eigenvalue weighted by molar-refractivity contribution is -0.141. The molecule has 0 aromatic carbocycles. The van der Waals surface area contributed by atoms with Crippen molar-refractivity contribution in [2.75, 3.05) is 0 Å². The maximum Gasteiger partial charge on any atom is 0.435 e. The molecule has 4 rings (SSSR count). The molecule has 142 valence electrons. The smallest absolute Gasteiger partial charge is 0.292 e. The van der Waals surface area contributed by atoms with Gasteiger partial charge in [0.1, 0.15) is 10.8 Å². The van der Waals surface area contributed by atoms with E-state index in [0.717, 1.165) is 17.5 Å². The van der Waals surface area contributed by atoms with Gasteiger partial charge >= 0.3 is 6.18 Å². The molecule has 1 aliphatic carbocycles. The van der Waals surface area contributed by atoms with Crippen molar-refractivity contribution in [1.82, 2.24) is 19.2 Å². The first-order valence-corrected chi connectivity index (χ1v) is 9.21. The van der Waals surface area contributed by atoms with Crippen molar-refractivity contribution in [2.24, 2.45) is 5.92 Å². The van der Waals surface area contributed by atoms with Crippen molar-refractivity contribution in [2.45, 2.75) is 32.5 Å². The quantitative estimate of drug-likeness (QED) is 0.610. The van der Waals surface area contributed by atoms with Crippen molar-refractivity contribution in [1.29, 1.82) is 0 Å². The van der Waals surface area contributed by atoms with E-state index in [4.69, 9.17) is 11.6 Å². The largest absolute Gasteiger partial charge is 0.435 e. The molecule has 1 aliphatic rings. The number of hydrogen-bond acceptors (Lipinski definition) is 5. The van der Waals surface area contributed by atoms with E-state index in [2.05, 4.69) is 10.1 Å². The predicted molar refractivity (Wildman–Crippen MR) is 92.5 cm³/mol. The lowest BCUT2D eigenvalue weighted by atomic mass is 10.2. The third-order valence-electron chi connectivity index (χ3n) is 4.26. The first kappa shape index (κ1) is 18.2. The summed E-state index contributed by atoms with van der Waals surface area (Å²) in [5, 5.41) is 3.22. The first-order valence-electron chi connectivity index (χ1n) is 8.02. The number of alkyl halides is 3. The number of aromatic nitrogens is 4. The van der Waals surface area contributed by atoms with Gasteiger partial charge < -0.3 is 0 Å². The van der Waals surface area contributed by atoms with E-state index in [1.807, 2.05) is 0 Å². The van der Waals surface area contributed by atoms with Crippen LogP contribution in [0.15, 0.2) is 16.9 Å². The van der Waals surface area contributed by atoms with Crippen LogP contribution in [0, 0.1) is 12.8 Å². The van der Waals surface area contributed by atoms with Crippen LogP contribution < -0.4 is 5.56 Å². The standard InChI is InChI=1S/C16H12ClF3N4O2S/c1-7-13(14(26)8-2-3-8)24-12(25)4-9(21-15(24)27-7)6-23-11(17)5-10(22-23)16(18,19)20/h4-5,8H,2-3,6H2,1H3. The van der Waals surface area contributed by atoms with Gasteiger partial charge in [0.05, 0.1) is 12.2 Å². The predicted octanol–water partition coefficient (Wildman–Crippen LogP) is 3.57. The Balaban J connectivity index is 1.73. The Morgan fingerprint density at radius 1 is 1.37 bits per heavy atom. The molecule has 0 aliphatic heterocycles. The maximum absolute atomic E-state index is 12.8. The van der Waals surface area contributed by atoms with Gasteiger partial charge in [0.2, 0.25) is 0 Å². The number of halogens is 4. The molecule has 27 heavy (non-hydrogen) atoms. The Bertz CT molecular complexity index is 1130. The average molecular weight is 417 g/mol. The van der Waals surface area contributed by atoms with E-state index in [-0.39, 0.29) is 29.1 Å². The number of ketones is 1. The van der Waals surface area contributed by atoms with Crippen LogP contribution >= 0.6 is 22.9 Å². The molecule has 0 bridgehead atoms. The summed E-state index contributed by atoms with van der Waals surface area (Å²) in [6.07, 6.45) is -2.99. The van der Waals surface area contributed by atoms with Gasteiger partial charge in [-0.2, -0.15) is 18.3 Å². The van der Waals surface area contributed by atoms with Crippen LogP contribution in [0.5, 0.6) is 0 Å². The molecule has 11 heteroatoms. The maximum atomic E-state index is 12.8. The fourth-order valence-corrected chi connectivity index (χ4v) is 4.02. The summed E-state index contributed by atoms with van der Waals surface area (Å²) in [4.78, 5) is 30.3. The second-order valence-corrected chi connectivity index (χ2v) is 7.93. The van der Waals surface area contributed by atoms with E-state index >= 15 is 0 Å². The SMILES string of the molecule is Cc1sc2nc(Cn3nc(C(F)(F)F)cc3Cl)cc(=O)n2c1C(=O)C1CC1. The van der Waals surface area contributed by atoms with Crippen molar-refractivity contribution in [3.63, 3.8) is 0 Å². The zero-order chi connectivity index (χ0) is 19.5. The van der Waals surface area contributed by atoms with Gasteiger partial charge in [-0.05, 0) is 19.8 Å². The Hall–Kier alpha value is -2.20. The molecule has 0 N–H and O–H groups in total. The fourth-order valence-electron chi connectivity index (χ4n) is 2.82. The highest BCUT2D eigenvalue weighted by Gasteiger charge is 2.35. The summed E-state index contributed by atoms with van der Waals surface area (Å²) in [5.74, 6) is -0.114. The molecule has 0 saturated heterocycles. The number of nitrogens with zero attached hydrogens (tertiary/aromatic N) is 4. The molecule has 0 spiro atoms. The number of thiazole rings is 1. The molecule has 6 nitrogen and oxygen atoms in total. The van der Waals surface area contributed by atoms with Gasteiger partial charge in [0, 0.05) is 22.9 Å². The third-order valence-corrected chi connectivity index (χ3v) is 5.52. The molecule has 1 fully saturated rings. The van der Waals surface area contributed by atoms with Gasteiger partial charge in [-0.3, -0.25) is 9.59 Å². The molecule has 0 atom stereocenters. The van der Waals surface area contributed by atoms with Crippen molar-refractivity contribution in [3.05, 3.63) is 49.6 Å². The van der Waals surface area contributed by atoms with Crippen molar-refractivity contribution in [3.8, 4) is 0 Å². The monoisotopic (exact) mass is 416 g/mol. The van der Waals surface area contributed by atoms with Crippen molar-refractivity contribution >= 4 is 33.7 Å². The van der Waals surface area contributed by atoms with Crippen LogP contribution in [-0.4, -0.2) is 24.9 Å². The molecule has 0 amide bonds. The molecule has 0 radical (unpaired) electrons. The first-order chi connectivity index (χ1) is 12.6. The van der Waals surface area contributed by atoms with Crippen LogP contribution in [0.3, 0.4) is 0 Å². The van der Waals surface area contributed by atoms with Crippen LogP contribution in [0.1, 0.15) is 39.6 Å². The average Bonchev–Trinajstić information content (AvgIpc) is 3.26. The highest BCUT2D eigenvalue weighted by molar-refractivity contribution is 7.17. The van der Waals surface area contributed by atoms with Gasteiger partial charge in [0.25, 0.3) is 5.56 Å². The zero-order valence-corrected chi connectivity index (χ0v) is 15.5. The minimum Gasteiger partial charge on any atom is -0.292 e. The van der Waals surface area contributed by atoms with E-state index in [1.165, 1.54) is 21.8 Å². The fraction of sp³-hybridized carbons (Fsp3) is 0.375.